The molecule has 2 amide bonds. The van der Waals surface area contributed by atoms with Crippen LogP contribution in [0.25, 0.3) is 50.3 Å². The highest BCUT2D eigenvalue weighted by Gasteiger charge is 2.30. The minimum atomic E-state index is -1.44. The van der Waals surface area contributed by atoms with Gasteiger partial charge >= 0.3 is 12.2 Å². The van der Waals surface area contributed by atoms with Crippen molar-refractivity contribution in [3.05, 3.63) is 111 Å². The molecule has 346 valence electrons. The second-order valence-corrected chi connectivity index (χ2v) is 17.6. The van der Waals surface area contributed by atoms with E-state index in [1.54, 1.807) is 33.1 Å². The second kappa shape index (κ2) is 17.9. The highest BCUT2D eigenvalue weighted by Crippen LogP contribution is 2.40. The number of hydrogen-bond acceptors (Lipinski definition) is 11. The summed E-state index contributed by atoms with van der Waals surface area (Å²) in [6, 6.07) is 18.2. The molecule has 1 fully saturated rings. The fourth-order valence-corrected chi connectivity index (χ4v) is 9.57. The number of hydrogen-bond donors (Lipinski definition) is 4. The molecule has 17 heteroatoms. The van der Waals surface area contributed by atoms with E-state index in [0.29, 0.717) is 77.0 Å². The van der Waals surface area contributed by atoms with Gasteiger partial charge < -0.3 is 44.1 Å². The molecule has 1 saturated heterocycles. The Bertz CT molecular complexity index is 3180. The average molecular weight is 909 g/mol. The van der Waals surface area contributed by atoms with E-state index in [2.05, 4.69) is 20.1 Å². The topological polar surface area (TPSA) is 216 Å². The average Bonchev–Trinajstić information content (AvgIpc) is 4.03. The number of carboxylic acid groups (broad SMARTS) is 1. The maximum atomic E-state index is 13.5. The van der Waals surface area contributed by atoms with Crippen LogP contribution < -0.4 is 15.6 Å². The van der Waals surface area contributed by atoms with Crippen molar-refractivity contribution in [2.45, 2.75) is 85.9 Å². The number of phenolic OH excluding ortho intramolecular Hbond substituents is 2. The number of piperidine rings is 1. The molecule has 0 unspecified atom stereocenters. The van der Waals surface area contributed by atoms with E-state index in [9.17, 15) is 29.4 Å². The molecule has 4 N–H and O–H groups in total. The van der Waals surface area contributed by atoms with E-state index in [1.165, 1.54) is 6.07 Å². The summed E-state index contributed by atoms with van der Waals surface area (Å²) in [5.74, 6) is 0.496. The van der Waals surface area contributed by atoms with Crippen molar-refractivity contribution in [1.82, 2.24) is 39.1 Å². The van der Waals surface area contributed by atoms with Gasteiger partial charge in [-0.25, -0.2) is 14.6 Å². The maximum Gasteiger partial charge on any atom is 0.506 e. The molecular weight excluding hydrogens is 857 g/mol. The summed E-state index contributed by atoms with van der Waals surface area (Å²) < 4.78 is 16.1. The number of fused-ring (bicyclic) bond motifs is 5. The number of likely N-dealkylation sites (tertiary alicyclic amines) is 1. The van der Waals surface area contributed by atoms with Crippen LogP contribution in [0.2, 0.25) is 0 Å². The zero-order chi connectivity index (χ0) is 47.3. The Balaban J connectivity index is 0.856. The van der Waals surface area contributed by atoms with E-state index >= 15 is 0 Å². The minimum Gasteiger partial charge on any atom is -0.508 e. The first-order valence-corrected chi connectivity index (χ1v) is 22.6. The van der Waals surface area contributed by atoms with Crippen molar-refractivity contribution in [2.24, 2.45) is 5.92 Å². The Hall–Kier alpha value is -7.69. The first-order chi connectivity index (χ1) is 32.2. The van der Waals surface area contributed by atoms with Crippen LogP contribution in [0.3, 0.4) is 0 Å². The van der Waals surface area contributed by atoms with Crippen LogP contribution in [0.5, 0.6) is 17.2 Å². The van der Waals surface area contributed by atoms with Crippen molar-refractivity contribution >= 4 is 40.0 Å². The van der Waals surface area contributed by atoms with Crippen LogP contribution in [-0.4, -0.2) is 86.9 Å². The molecule has 17 nitrogen and oxygen atoms in total. The van der Waals surface area contributed by atoms with E-state index in [0.717, 1.165) is 53.2 Å². The number of pyridine rings is 2. The SMILES string of the molecule is CCNC(=O)c1nnc(-c2cc(C(C)C)c(O)cc2O)n1-c1ccc2c(ccn2CCC2CCN(C(=O)Oc3ccc4nc5c(c(CC)c4c3)Cn3c-5cc(C)c(COC(=O)O)c3=O)CC2)c1. The highest BCUT2D eigenvalue weighted by molar-refractivity contribution is 5.93. The molecule has 0 bridgehead atoms. The minimum absolute atomic E-state index is 0.0249. The van der Waals surface area contributed by atoms with Gasteiger partial charge in [0.1, 0.15) is 23.9 Å². The fraction of sp³-hybridized carbons (Fsp3) is 0.340. The molecule has 4 aromatic heterocycles. The number of ether oxygens (including phenoxy) is 2. The van der Waals surface area contributed by atoms with Gasteiger partial charge in [-0.3, -0.25) is 14.2 Å². The van der Waals surface area contributed by atoms with Crippen LogP contribution in [0.1, 0.15) is 91.3 Å². The molecule has 7 aromatic rings. The maximum absolute atomic E-state index is 13.5. The van der Waals surface area contributed by atoms with Gasteiger partial charge in [0.05, 0.1) is 40.3 Å². The number of benzene rings is 3. The van der Waals surface area contributed by atoms with E-state index in [-0.39, 0.29) is 53.3 Å². The van der Waals surface area contributed by atoms with Crippen molar-refractivity contribution in [2.75, 3.05) is 19.6 Å². The van der Waals surface area contributed by atoms with Gasteiger partial charge in [0.25, 0.3) is 11.5 Å². The lowest BCUT2D eigenvalue weighted by Crippen LogP contribution is -2.40. The predicted octanol–water partition coefficient (Wildman–Crippen LogP) is 8.28. The number of phenols is 2. The monoisotopic (exact) mass is 908 g/mol. The van der Waals surface area contributed by atoms with Crippen molar-refractivity contribution < 1.29 is 39.2 Å². The quantitative estimate of drug-likeness (QED) is 0.0852. The number of aromatic nitrogens is 6. The standard InChI is InChI=1S/C50H52N8O9/c1-6-33-35-22-32(9-10-39(35)52-44-37(33)25-57-41(44)20-28(5)38(48(57)62)26-66-50(64)65)67-49(63)56-17-13-29(14-18-56)12-16-55-19-15-30-21-31(8-11-40(30)55)58-45(53-54-46(58)47(61)51-7-2)36-23-34(27(3)4)42(59)24-43(36)60/h8-11,15,19-24,27,29,59-60H,6-7,12-14,16-18,25-26H2,1-5H3,(H,51,61)(H,64,65). The number of rotatable bonds is 12. The lowest BCUT2D eigenvalue weighted by Gasteiger charge is -2.31. The van der Waals surface area contributed by atoms with Crippen LogP contribution in [0.4, 0.5) is 9.59 Å². The van der Waals surface area contributed by atoms with Crippen molar-refractivity contribution in [1.29, 1.82) is 0 Å². The number of aryl methyl sites for hydroxylation is 3. The molecule has 2 aliphatic heterocycles. The second-order valence-electron chi connectivity index (χ2n) is 17.6. The first kappa shape index (κ1) is 44.5. The van der Waals surface area contributed by atoms with Crippen molar-refractivity contribution in [3.63, 3.8) is 0 Å². The molecular formula is C50H52N8O9. The Kier molecular flexibility index (Phi) is 11.9. The van der Waals surface area contributed by atoms with Gasteiger partial charge in [-0.2, -0.15) is 0 Å². The van der Waals surface area contributed by atoms with Gasteiger partial charge in [0, 0.05) is 60.3 Å². The van der Waals surface area contributed by atoms with Gasteiger partial charge in [-0.15, -0.1) is 10.2 Å². The normalized spacial score (nSPS) is 13.6. The molecule has 0 saturated carbocycles. The largest absolute Gasteiger partial charge is 0.508 e. The number of aromatic hydroxyl groups is 2. The van der Waals surface area contributed by atoms with Crippen LogP contribution in [0, 0.1) is 12.8 Å². The number of nitrogens with one attached hydrogen (secondary N) is 1. The van der Waals surface area contributed by atoms with E-state index in [4.69, 9.17) is 19.6 Å². The van der Waals surface area contributed by atoms with Crippen LogP contribution in [-0.2, 0) is 30.9 Å². The smallest absolute Gasteiger partial charge is 0.506 e. The summed E-state index contributed by atoms with van der Waals surface area (Å²) in [6.07, 6.45) is 3.43. The summed E-state index contributed by atoms with van der Waals surface area (Å²) in [4.78, 5) is 57.9. The molecule has 0 spiro atoms. The Morgan fingerprint density at radius 1 is 0.940 bits per heavy atom. The van der Waals surface area contributed by atoms with E-state index in [1.807, 2.05) is 76.4 Å². The first-order valence-electron chi connectivity index (χ1n) is 22.6. The number of carbonyl (C=O) groups excluding carboxylic acids is 2. The summed E-state index contributed by atoms with van der Waals surface area (Å²) in [5.41, 5.74) is 7.24. The number of amides is 2. The Morgan fingerprint density at radius 2 is 1.73 bits per heavy atom. The predicted molar refractivity (Wildman–Crippen MR) is 250 cm³/mol. The third-order valence-corrected chi connectivity index (χ3v) is 13.1. The molecule has 0 radical (unpaired) electrons. The summed E-state index contributed by atoms with van der Waals surface area (Å²) in [5, 5.41) is 43.7. The lowest BCUT2D eigenvalue weighted by atomic mass is 9.94. The summed E-state index contributed by atoms with van der Waals surface area (Å²) >= 11 is 0. The summed E-state index contributed by atoms with van der Waals surface area (Å²) in [6.45, 7) is 11.8. The number of carbonyl (C=O) groups is 3. The zero-order valence-electron chi connectivity index (χ0n) is 38.0. The van der Waals surface area contributed by atoms with E-state index < -0.39 is 18.2 Å². The van der Waals surface area contributed by atoms with Gasteiger partial charge in [-0.1, -0.05) is 20.8 Å². The fourth-order valence-electron chi connectivity index (χ4n) is 9.57. The van der Waals surface area contributed by atoms with Gasteiger partial charge in [0.15, 0.2) is 5.82 Å². The molecule has 67 heavy (non-hydrogen) atoms. The Labute approximate surface area is 385 Å². The summed E-state index contributed by atoms with van der Waals surface area (Å²) in [7, 11) is 0. The van der Waals surface area contributed by atoms with Crippen LogP contribution >= 0.6 is 0 Å². The van der Waals surface area contributed by atoms with Gasteiger partial charge in [-0.05, 0) is 123 Å². The molecule has 0 atom stereocenters. The molecule has 3 aromatic carbocycles. The Morgan fingerprint density at radius 3 is 2.46 bits per heavy atom. The molecule has 2 aliphatic rings. The lowest BCUT2D eigenvalue weighted by molar-refractivity contribution is 0.0846. The molecule has 6 heterocycles. The third kappa shape index (κ3) is 8.29. The third-order valence-electron chi connectivity index (χ3n) is 13.1. The zero-order valence-corrected chi connectivity index (χ0v) is 38.0. The van der Waals surface area contributed by atoms with Gasteiger partial charge in [0.2, 0.25) is 5.82 Å². The highest BCUT2D eigenvalue weighted by atomic mass is 16.7. The van der Waals surface area contributed by atoms with Crippen molar-refractivity contribution in [3.8, 4) is 45.7 Å². The number of nitrogens with zero attached hydrogens (tertiary/aromatic N) is 7. The van der Waals surface area contributed by atoms with Crippen LogP contribution in [0.15, 0.2) is 71.7 Å². The molecule has 9 rings (SSSR count). The molecule has 0 aliphatic carbocycles.